The maximum absolute atomic E-state index is 11.9. The zero-order valence-electron chi connectivity index (χ0n) is 11.1. The lowest BCUT2D eigenvalue weighted by molar-refractivity contribution is -0.137. The fraction of sp³-hybridized carbons (Fsp3) is 0.455. The Labute approximate surface area is 112 Å². The van der Waals surface area contributed by atoms with Crippen molar-refractivity contribution in [1.29, 1.82) is 0 Å². The van der Waals surface area contributed by atoms with Gasteiger partial charge in [0, 0.05) is 27.1 Å². The molecule has 9 heteroatoms. The highest BCUT2D eigenvalue weighted by Crippen LogP contribution is 2.08. The first kappa shape index (κ1) is 13.8. The first-order chi connectivity index (χ1) is 9.41. The topological polar surface area (TPSA) is 122 Å². The summed E-state index contributed by atoms with van der Waals surface area (Å²) in [7, 11) is 2.92. The van der Waals surface area contributed by atoms with E-state index in [9.17, 15) is 14.4 Å². The fourth-order valence-corrected chi connectivity index (χ4v) is 1.86. The molecule has 20 heavy (non-hydrogen) atoms. The van der Waals surface area contributed by atoms with Crippen molar-refractivity contribution in [1.82, 2.24) is 19.1 Å². The number of carboxylic acid groups (broad SMARTS) is 1. The lowest BCUT2D eigenvalue weighted by atomic mass is 10.3. The minimum absolute atomic E-state index is 0.0491. The van der Waals surface area contributed by atoms with Gasteiger partial charge in [0.05, 0.1) is 0 Å². The quantitative estimate of drug-likeness (QED) is 0.619. The predicted molar refractivity (Wildman–Crippen MR) is 71.9 cm³/mol. The summed E-state index contributed by atoms with van der Waals surface area (Å²) in [6.45, 7) is 0.403. The largest absolute Gasteiger partial charge is 0.481 e. The number of rotatable bonds is 5. The van der Waals surface area contributed by atoms with Crippen molar-refractivity contribution in [2.45, 2.75) is 12.8 Å². The number of aliphatic carboxylic acids is 1. The Morgan fingerprint density at radius 2 is 2.05 bits per heavy atom. The molecule has 0 bridgehead atoms. The number of hydrogen-bond acceptors (Lipinski definition) is 5. The summed E-state index contributed by atoms with van der Waals surface area (Å²) in [5.74, 6) is -0.531. The van der Waals surface area contributed by atoms with Crippen molar-refractivity contribution in [2.24, 2.45) is 14.1 Å². The van der Waals surface area contributed by atoms with Crippen LogP contribution in [-0.4, -0.2) is 36.7 Å². The molecule has 0 saturated carbocycles. The molecule has 0 saturated heterocycles. The highest BCUT2D eigenvalue weighted by Gasteiger charge is 2.12. The molecule has 2 aromatic heterocycles. The predicted octanol–water partition coefficient (Wildman–Crippen LogP) is -0.763. The summed E-state index contributed by atoms with van der Waals surface area (Å²) in [4.78, 5) is 40.9. The number of anilines is 1. The molecular weight excluding hydrogens is 266 g/mol. The standard InChI is InChI=1S/C11H15N5O4/c1-15-8-7(9(19)16(2)11(15)20)13-10(14-8)12-5-3-4-6(17)18/h3-5H2,1-2H3,(H,17,18)(H2,12,13,14). The van der Waals surface area contributed by atoms with Gasteiger partial charge in [0.1, 0.15) is 0 Å². The molecule has 0 spiro atoms. The molecule has 0 atom stereocenters. The summed E-state index contributed by atoms with van der Waals surface area (Å²) in [5, 5.41) is 11.4. The maximum Gasteiger partial charge on any atom is 0.332 e. The maximum atomic E-state index is 11.9. The average molecular weight is 281 g/mol. The second kappa shape index (κ2) is 5.19. The van der Waals surface area contributed by atoms with E-state index in [1.54, 1.807) is 0 Å². The van der Waals surface area contributed by atoms with Crippen LogP contribution in [0.1, 0.15) is 12.8 Å². The minimum Gasteiger partial charge on any atom is -0.481 e. The highest BCUT2D eigenvalue weighted by atomic mass is 16.4. The molecule has 108 valence electrons. The van der Waals surface area contributed by atoms with Gasteiger partial charge < -0.3 is 15.4 Å². The number of aromatic amines is 1. The van der Waals surface area contributed by atoms with Gasteiger partial charge in [0.2, 0.25) is 5.95 Å². The second-order valence-corrected chi connectivity index (χ2v) is 4.41. The van der Waals surface area contributed by atoms with Gasteiger partial charge in [-0.15, -0.1) is 0 Å². The van der Waals surface area contributed by atoms with Gasteiger partial charge in [-0.3, -0.25) is 18.7 Å². The number of nitrogens with one attached hydrogen (secondary N) is 2. The molecule has 3 N–H and O–H groups in total. The van der Waals surface area contributed by atoms with Crippen LogP contribution in [0, 0.1) is 0 Å². The monoisotopic (exact) mass is 281 g/mol. The molecule has 0 unspecified atom stereocenters. The second-order valence-electron chi connectivity index (χ2n) is 4.41. The van der Waals surface area contributed by atoms with E-state index in [0.717, 1.165) is 4.57 Å². The molecule has 0 aliphatic carbocycles. The van der Waals surface area contributed by atoms with Crippen LogP contribution in [-0.2, 0) is 18.9 Å². The molecule has 0 fully saturated rings. The van der Waals surface area contributed by atoms with Gasteiger partial charge in [-0.05, 0) is 6.42 Å². The number of nitrogens with zero attached hydrogens (tertiary/aromatic N) is 3. The average Bonchev–Trinajstić information content (AvgIpc) is 2.83. The van der Waals surface area contributed by atoms with Crippen LogP contribution in [0.3, 0.4) is 0 Å². The third-order valence-corrected chi connectivity index (χ3v) is 2.95. The van der Waals surface area contributed by atoms with Gasteiger partial charge in [-0.2, -0.15) is 4.98 Å². The fourth-order valence-electron chi connectivity index (χ4n) is 1.86. The van der Waals surface area contributed by atoms with Crippen LogP contribution in [0.25, 0.3) is 11.2 Å². The number of H-pyrrole nitrogens is 1. The first-order valence-corrected chi connectivity index (χ1v) is 6.03. The Bertz CT molecular complexity index is 769. The SMILES string of the molecule is Cn1c(=O)c2[nH]c(NCCCC(=O)O)nc2n(C)c1=O. The molecule has 9 nitrogen and oxygen atoms in total. The third-order valence-electron chi connectivity index (χ3n) is 2.95. The van der Waals surface area contributed by atoms with Crippen molar-refractivity contribution >= 4 is 23.1 Å². The van der Waals surface area contributed by atoms with Crippen molar-refractivity contribution in [3.8, 4) is 0 Å². The number of aryl methyl sites for hydroxylation is 1. The Hall–Kier alpha value is -2.58. The normalized spacial score (nSPS) is 10.9. The van der Waals surface area contributed by atoms with Crippen LogP contribution in [0.5, 0.6) is 0 Å². The van der Waals surface area contributed by atoms with Gasteiger partial charge in [-0.25, -0.2) is 4.79 Å². The van der Waals surface area contributed by atoms with Crippen molar-refractivity contribution in [3.63, 3.8) is 0 Å². The molecule has 0 radical (unpaired) electrons. The molecule has 2 rings (SSSR count). The molecule has 0 amide bonds. The molecule has 0 aromatic carbocycles. The minimum atomic E-state index is -0.868. The highest BCUT2D eigenvalue weighted by molar-refractivity contribution is 5.72. The van der Waals surface area contributed by atoms with Crippen LogP contribution in [0.2, 0.25) is 0 Å². The Morgan fingerprint density at radius 1 is 1.35 bits per heavy atom. The number of imidazole rings is 1. The van der Waals surface area contributed by atoms with Crippen LogP contribution < -0.4 is 16.6 Å². The number of fused-ring (bicyclic) bond motifs is 1. The van der Waals surface area contributed by atoms with Gasteiger partial charge in [0.25, 0.3) is 5.56 Å². The number of carbonyl (C=O) groups is 1. The van der Waals surface area contributed by atoms with E-state index in [1.807, 2.05) is 0 Å². The van der Waals surface area contributed by atoms with Gasteiger partial charge in [0.15, 0.2) is 11.2 Å². The van der Waals surface area contributed by atoms with Crippen LogP contribution in [0.15, 0.2) is 9.59 Å². The molecular formula is C11H15N5O4. The van der Waals surface area contributed by atoms with E-state index in [2.05, 4.69) is 15.3 Å². The zero-order chi connectivity index (χ0) is 14.9. The van der Waals surface area contributed by atoms with E-state index < -0.39 is 17.2 Å². The molecule has 2 aromatic rings. The smallest absolute Gasteiger partial charge is 0.332 e. The number of aromatic nitrogens is 4. The van der Waals surface area contributed by atoms with Gasteiger partial charge >= 0.3 is 11.7 Å². The van der Waals surface area contributed by atoms with Gasteiger partial charge in [-0.1, -0.05) is 0 Å². The Balaban J connectivity index is 2.28. The van der Waals surface area contributed by atoms with E-state index in [0.29, 0.717) is 18.9 Å². The van der Waals surface area contributed by atoms with E-state index in [-0.39, 0.29) is 17.6 Å². The number of carboxylic acids is 1. The van der Waals surface area contributed by atoms with E-state index in [1.165, 1.54) is 18.7 Å². The van der Waals surface area contributed by atoms with Crippen LogP contribution in [0.4, 0.5) is 5.95 Å². The summed E-state index contributed by atoms with van der Waals surface area (Å²) < 4.78 is 2.27. The van der Waals surface area contributed by atoms with Crippen molar-refractivity contribution in [3.05, 3.63) is 20.8 Å². The van der Waals surface area contributed by atoms with Crippen molar-refractivity contribution < 1.29 is 9.90 Å². The Morgan fingerprint density at radius 3 is 2.70 bits per heavy atom. The summed E-state index contributed by atoms with van der Waals surface area (Å²) >= 11 is 0. The summed E-state index contributed by atoms with van der Waals surface area (Å²) in [5.41, 5.74) is -0.408. The Kier molecular flexibility index (Phi) is 3.59. The zero-order valence-corrected chi connectivity index (χ0v) is 11.1. The molecule has 0 aliphatic rings. The van der Waals surface area contributed by atoms with Crippen molar-refractivity contribution in [2.75, 3.05) is 11.9 Å². The summed E-state index contributed by atoms with van der Waals surface area (Å²) in [6.07, 6.45) is 0.483. The number of hydrogen-bond donors (Lipinski definition) is 3. The van der Waals surface area contributed by atoms with E-state index in [4.69, 9.17) is 5.11 Å². The molecule has 0 aliphatic heterocycles. The lowest BCUT2D eigenvalue weighted by Crippen LogP contribution is -2.36. The van der Waals surface area contributed by atoms with Crippen LogP contribution >= 0.6 is 0 Å². The molecule has 2 heterocycles. The third kappa shape index (κ3) is 2.42. The summed E-state index contributed by atoms with van der Waals surface area (Å²) in [6, 6.07) is 0. The van der Waals surface area contributed by atoms with E-state index >= 15 is 0 Å². The lowest BCUT2D eigenvalue weighted by Gasteiger charge is -2.00. The first-order valence-electron chi connectivity index (χ1n) is 6.03.